The van der Waals surface area contributed by atoms with Gasteiger partial charge in [0.1, 0.15) is 17.0 Å². The molecule has 0 bridgehead atoms. The average molecular weight is 423 g/mol. The highest BCUT2D eigenvalue weighted by atomic mass is 16.5. The fourth-order valence-electron chi connectivity index (χ4n) is 4.87. The number of carboxylic acids is 1. The first-order valence-electron chi connectivity index (χ1n) is 10.6. The molecule has 2 aromatic rings. The lowest BCUT2D eigenvalue weighted by Gasteiger charge is -2.44. The quantitative estimate of drug-likeness (QED) is 0.755. The van der Waals surface area contributed by atoms with Crippen molar-refractivity contribution in [2.75, 3.05) is 29.3 Å². The van der Waals surface area contributed by atoms with Gasteiger partial charge in [-0.15, -0.1) is 0 Å². The maximum Gasteiger partial charge on any atom is 0.335 e. The van der Waals surface area contributed by atoms with Crippen LogP contribution in [0.15, 0.2) is 24.4 Å². The lowest BCUT2D eigenvalue weighted by atomic mass is 10.0. The van der Waals surface area contributed by atoms with Gasteiger partial charge < -0.3 is 25.0 Å². The number of aromatic carboxylic acids is 1. The minimum absolute atomic E-state index is 0.127. The zero-order valence-electron chi connectivity index (χ0n) is 17.6. The molecule has 2 heterocycles. The van der Waals surface area contributed by atoms with Crippen LogP contribution in [0.2, 0.25) is 0 Å². The summed E-state index contributed by atoms with van der Waals surface area (Å²) < 4.78 is 5.35. The number of likely N-dealkylation sites (N-methyl/N-ethyl adjacent to an activating group) is 1. The van der Waals surface area contributed by atoms with Gasteiger partial charge in [0.2, 0.25) is 5.95 Å². The lowest BCUT2D eigenvalue weighted by Crippen LogP contribution is -2.58. The van der Waals surface area contributed by atoms with E-state index in [4.69, 9.17) is 9.72 Å². The number of methoxy groups -OCH3 is 1. The van der Waals surface area contributed by atoms with E-state index in [1.54, 1.807) is 24.2 Å². The average Bonchev–Trinajstić information content (AvgIpc) is 3.37. The molecule has 31 heavy (non-hydrogen) atoms. The topological polar surface area (TPSA) is 108 Å². The monoisotopic (exact) mass is 423 g/mol. The number of carbonyl (C=O) groups is 2. The molecule has 1 aliphatic heterocycles. The molecular weight excluding hydrogens is 398 g/mol. The Kier molecular flexibility index (Phi) is 4.49. The van der Waals surface area contributed by atoms with Gasteiger partial charge in [-0.3, -0.25) is 4.79 Å². The van der Waals surface area contributed by atoms with Crippen LogP contribution in [0, 0.1) is 0 Å². The predicted molar refractivity (Wildman–Crippen MR) is 115 cm³/mol. The van der Waals surface area contributed by atoms with E-state index in [0.29, 0.717) is 29.1 Å². The summed E-state index contributed by atoms with van der Waals surface area (Å²) in [6, 6.07) is 4.91. The second-order valence-electron chi connectivity index (χ2n) is 8.45. The van der Waals surface area contributed by atoms with E-state index in [1.165, 1.54) is 32.1 Å². The molecule has 0 atom stereocenters. The van der Waals surface area contributed by atoms with Gasteiger partial charge in [-0.2, -0.15) is 4.98 Å². The number of nitrogens with one attached hydrogen (secondary N) is 1. The summed E-state index contributed by atoms with van der Waals surface area (Å²) in [6.07, 6.45) is 7.84. The predicted octanol–water partition coefficient (Wildman–Crippen LogP) is 3.19. The molecule has 3 aliphatic rings. The highest BCUT2D eigenvalue weighted by molar-refractivity contribution is 6.09. The Hall–Kier alpha value is -3.36. The van der Waals surface area contributed by atoms with Crippen molar-refractivity contribution < 1.29 is 19.4 Å². The highest BCUT2D eigenvalue weighted by Gasteiger charge is 2.61. The molecule has 0 radical (unpaired) electrons. The van der Waals surface area contributed by atoms with Crippen molar-refractivity contribution in [3.8, 4) is 5.75 Å². The van der Waals surface area contributed by atoms with Gasteiger partial charge in [0.15, 0.2) is 5.82 Å². The molecular formula is C22H25N5O4. The van der Waals surface area contributed by atoms with Crippen molar-refractivity contribution in [3.05, 3.63) is 30.0 Å². The second-order valence-corrected chi connectivity index (χ2v) is 8.45. The number of ether oxygens (including phenoxy) is 1. The molecule has 2 saturated carbocycles. The maximum atomic E-state index is 13.1. The Morgan fingerprint density at radius 3 is 2.68 bits per heavy atom. The lowest BCUT2D eigenvalue weighted by molar-refractivity contribution is -0.121. The van der Waals surface area contributed by atoms with E-state index in [2.05, 4.69) is 15.2 Å². The van der Waals surface area contributed by atoms with Crippen molar-refractivity contribution >= 4 is 35.0 Å². The van der Waals surface area contributed by atoms with Gasteiger partial charge >= 0.3 is 5.97 Å². The van der Waals surface area contributed by atoms with Crippen LogP contribution in [0.3, 0.4) is 0 Å². The number of fused-ring (bicyclic) bond motifs is 1. The first-order valence-corrected chi connectivity index (χ1v) is 10.6. The molecule has 2 aliphatic carbocycles. The van der Waals surface area contributed by atoms with Crippen molar-refractivity contribution in [3.63, 3.8) is 0 Å². The zero-order chi connectivity index (χ0) is 21.8. The van der Waals surface area contributed by atoms with E-state index in [0.717, 1.165) is 31.5 Å². The van der Waals surface area contributed by atoms with Crippen molar-refractivity contribution in [2.45, 2.75) is 50.1 Å². The first-order chi connectivity index (χ1) is 14.9. The zero-order valence-corrected chi connectivity index (χ0v) is 17.6. The van der Waals surface area contributed by atoms with Gasteiger partial charge in [0.25, 0.3) is 5.91 Å². The summed E-state index contributed by atoms with van der Waals surface area (Å²) in [5.41, 5.74) is 0.954. The number of benzene rings is 1. The summed E-state index contributed by atoms with van der Waals surface area (Å²) in [5.74, 6) is 0.651. The van der Waals surface area contributed by atoms with Gasteiger partial charge in [0, 0.05) is 13.1 Å². The van der Waals surface area contributed by atoms with Gasteiger partial charge in [-0.05, 0) is 43.9 Å². The van der Waals surface area contributed by atoms with Crippen LogP contribution >= 0.6 is 0 Å². The summed E-state index contributed by atoms with van der Waals surface area (Å²) in [4.78, 5) is 37.6. The number of hydrogen-bond acceptors (Lipinski definition) is 7. The van der Waals surface area contributed by atoms with E-state index in [1.807, 2.05) is 0 Å². The third-order valence-electron chi connectivity index (χ3n) is 6.61. The fraction of sp³-hybridized carbons (Fsp3) is 0.455. The molecule has 1 spiro atoms. The molecule has 1 amide bonds. The van der Waals surface area contributed by atoms with Gasteiger partial charge in [0.05, 0.1) is 24.6 Å². The summed E-state index contributed by atoms with van der Waals surface area (Å²) in [7, 11) is 3.27. The molecule has 9 heteroatoms. The maximum absolute atomic E-state index is 13.1. The van der Waals surface area contributed by atoms with Crippen LogP contribution in [-0.2, 0) is 4.79 Å². The standard InChI is InChI=1S/C22H25N5O4/c1-26-16-12-23-21(24-15-8-7-13(19(28)29)11-17(15)31-2)25-18(16)27(14-5-3-4-6-14)22(9-10-22)20(26)30/h7-8,11-12,14H,3-6,9-10H2,1-2H3,(H,28,29)(H,23,24,25). The van der Waals surface area contributed by atoms with Crippen molar-refractivity contribution in [2.24, 2.45) is 0 Å². The Morgan fingerprint density at radius 1 is 1.29 bits per heavy atom. The van der Waals surface area contributed by atoms with Crippen LogP contribution in [0.1, 0.15) is 48.9 Å². The van der Waals surface area contributed by atoms with E-state index < -0.39 is 11.5 Å². The first kappa shape index (κ1) is 19.6. The largest absolute Gasteiger partial charge is 0.495 e. The third kappa shape index (κ3) is 3.07. The van der Waals surface area contributed by atoms with Gasteiger partial charge in [-0.1, -0.05) is 12.8 Å². The number of carboxylic acid groups (broad SMARTS) is 1. The number of amides is 1. The fourth-order valence-corrected chi connectivity index (χ4v) is 4.87. The number of anilines is 4. The summed E-state index contributed by atoms with van der Waals surface area (Å²) >= 11 is 0. The molecule has 0 unspecified atom stereocenters. The normalized spacial score (nSPS) is 19.5. The third-order valence-corrected chi connectivity index (χ3v) is 6.61. The van der Waals surface area contributed by atoms with Crippen LogP contribution < -0.4 is 19.9 Å². The minimum Gasteiger partial charge on any atom is -0.495 e. The number of rotatable bonds is 5. The van der Waals surface area contributed by atoms with Crippen molar-refractivity contribution in [1.82, 2.24) is 9.97 Å². The second kappa shape index (κ2) is 7.11. The Bertz CT molecular complexity index is 1060. The number of hydrogen-bond donors (Lipinski definition) is 2. The molecule has 0 saturated heterocycles. The van der Waals surface area contributed by atoms with Crippen molar-refractivity contribution in [1.29, 1.82) is 0 Å². The Morgan fingerprint density at radius 2 is 2.03 bits per heavy atom. The van der Waals surface area contributed by atoms with Gasteiger partial charge in [-0.25, -0.2) is 9.78 Å². The molecule has 162 valence electrons. The minimum atomic E-state index is -1.02. The van der Waals surface area contributed by atoms with E-state index in [9.17, 15) is 14.7 Å². The molecule has 2 N–H and O–H groups in total. The smallest absolute Gasteiger partial charge is 0.335 e. The SMILES string of the molecule is COc1cc(C(=O)O)ccc1Nc1ncc2c(n1)N(C1CCCC1)C1(CC1)C(=O)N2C. The molecule has 1 aromatic carbocycles. The van der Waals surface area contributed by atoms with E-state index in [-0.39, 0.29) is 11.5 Å². The molecule has 5 rings (SSSR count). The molecule has 9 nitrogen and oxygen atoms in total. The van der Waals surface area contributed by atoms with Crippen LogP contribution in [0.4, 0.5) is 23.1 Å². The molecule has 1 aromatic heterocycles. The molecule has 2 fully saturated rings. The summed E-state index contributed by atoms with van der Waals surface area (Å²) in [6.45, 7) is 0. The number of nitrogens with zero attached hydrogens (tertiary/aromatic N) is 4. The van der Waals surface area contributed by atoms with Crippen LogP contribution in [0.5, 0.6) is 5.75 Å². The van der Waals surface area contributed by atoms with E-state index >= 15 is 0 Å². The van der Waals surface area contributed by atoms with Crippen LogP contribution in [0.25, 0.3) is 0 Å². The van der Waals surface area contributed by atoms with Crippen LogP contribution in [-0.4, -0.2) is 52.7 Å². The summed E-state index contributed by atoms with van der Waals surface area (Å²) in [5, 5.41) is 12.4. The Balaban J connectivity index is 1.53. The highest BCUT2D eigenvalue weighted by Crippen LogP contribution is 2.53. The Labute approximate surface area is 180 Å². The number of aromatic nitrogens is 2. The number of carbonyl (C=O) groups excluding carboxylic acids is 1.